The van der Waals surface area contributed by atoms with Gasteiger partial charge in [0.1, 0.15) is 18.5 Å². The van der Waals surface area contributed by atoms with Gasteiger partial charge in [0, 0.05) is 5.56 Å². The summed E-state index contributed by atoms with van der Waals surface area (Å²) in [6, 6.07) is 4.35. The topological polar surface area (TPSA) is 69.4 Å². The molecule has 0 aliphatic carbocycles. The SMILES string of the molecule is Cc1cc(F)ccc1-c1nc(Cl)nc(-n2cncn2)n1. The number of hydrogen-bond acceptors (Lipinski definition) is 5. The van der Waals surface area contributed by atoms with E-state index in [4.69, 9.17) is 11.6 Å². The molecule has 0 aliphatic rings. The van der Waals surface area contributed by atoms with Gasteiger partial charge in [0.05, 0.1) is 0 Å². The smallest absolute Gasteiger partial charge is 0.223 e. The maximum absolute atomic E-state index is 13.1. The minimum Gasteiger partial charge on any atom is -0.223 e. The molecule has 6 nitrogen and oxygen atoms in total. The van der Waals surface area contributed by atoms with Crippen LogP contribution in [-0.4, -0.2) is 29.7 Å². The Morgan fingerprint density at radius 1 is 1.20 bits per heavy atom. The Kier molecular flexibility index (Phi) is 3.11. The molecule has 0 atom stereocenters. The molecule has 3 aromatic rings. The predicted molar refractivity (Wildman–Crippen MR) is 69.9 cm³/mol. The van der Waals surface area contributed by atoms with Crippen LogP contribution >= 0.6 is 11.6 Å². The molecule has 0 unspecified atom stereocenters. The molecule has 0 amide bonds. The molecule has 0 fully saturated rings. The molecule has 2 heterocycles. The summed E-state index contributed by atoms with van der Waals surface area (Å²) in [6.07, 6.45) is 2.81. The van der Waals surface area contributed by atoms with Gasteiger partial charge in [0.2, 0.25) is 5.28 Å². The van der Waals surface area contributed by atoms with Crippen LogP contribution in [0.1, 0.15) is 5.56 Å². The fraction of sp³-hybridized carbons (Fsp3) is 0.0833. The summed E-state index contributed by atoms with van der Waals surface area (Å²) in [6.45, 7) is 1.77. The average Bonchev–Trinajstić information content (AvgIpc) is 2.91. The Morgan fingerprint density at radius 3 is 2.75 bits per heavy atom. The summed E-state index contributed by atoms with van der Waals surface area (Å²) in [5.41, 5.74) is 1.38. The summed E-state index contributed by atoms with van der Waals surface area (Å²) in [5.74, 6) is 0.289. The molecule has 2 aromatic heterocycles. The van der Waals surface area contributed by atoms with Gasteiger partial charge >= 0.3 is 0 Å². The van der Waals surface area contributed by atoms with Crippen LogP contribution in [0, 0.1) is 12.7 Å². The first kappa shape index (κ1) is 12.6. The van der Waals surface area contributed by atoms with Crippen molar-refractivity contribution in [2.24, 2.45) is 0 Å². The van der Waals surface area contributed by atoms with Gasteiger partial charge in [-0.3, -0.25) is 0 Å². The Morgan fingerprint density at radius 2 is 2.05 bits per heavy atom. The van der Waals surface area contributed by atoms with E-state index in [0.717, 1.165) is 0 Å². The first-order valence-electron chi connectivity index (χ1n) is 5.66. The highest BCUT2D eigenvalue weighted by atomic mass is 35.5. The minimum atomic E-state index is -0.317. The van der Waals surface area contributed by atoms with E-state index in [1.807, 2.05) is 0 Å². The van der Waals surface area contributed by atoms with Gasteiger partial charge in [-0.15, -0.1) is 0 Å². The number of aryl methyl sites for hydroxylation is 1. The van der Waals surface area contributed by atoms with Crippen molar-refractivity contribution in [1.29, 1.82) is 0 Å². The number of halogens is 2. The molecule has 20 heavy (non-hydrogen) atoms. The first-order chi connectivity index (χ1) is 9.63. The zero-order valence-electron chi connectivity index (χ0n) is 10.3. The molecule has 0 bridgehead atoms. The van der Waals surface area contributed by atoms with Gasteiger partial charge in [0.15, 0.2) is 5.82 Å². The van der Waals surface area contributed by atoms with Crippen molar-refractivity contribution in [3.05, 3.63) is 47.5 Å². The Hall–Kier alpha value is -2.41. The number of nitrogens with zero attached hydrogens (tertiary/aromatic N) is 6. The molecular weight excluding hydrogens is 283 g/mol. The summed E-state index contributed by atoms with van der Waals surface area (Å²) >= 11 is 5.90. The zero-order chi connectivity index (χ0) is 14.1. The third-order valence-corrected chi connectivity index (χ3v) is 2.82. The summed E-state index contributed by atoms with van der Waals surface area (Å²) < 4.78 is 14.5. The fourth-order valence-corrected chi connectivity index (χ4v) is 1.91. The predicted octanol–water partition coefficient (Wildman–Crippen LogP) is 2.22. The lowest BCUT2D eigenvalue weighted by Gasteiger charge is -2.06. The minimum absolute atomic E-state index is 0.0317. The first-order valence-corrected chi connectivity index (χ1v) is 6.04. The Bertz CT molecular complexity index is 759. The van der Waals surface area contributed by atoms with Crippen LogP contribution in [0.3, 0.4) is 0 Å². The summed E-state index contributed by atoms with van der Waals surface area (Å²) in [4.78, 5) is 16.1. The van der Waals surface area contributed by atoms with E-state index in [-0.39, 0.29) is 17.0 Å². The molecule has 0 saturated heterocycles. The van der Waals surface area contributed by atoms with E-state index in [0.29, 0.717) is 17.0 Å². The molecule has 0 saturated carbocycles. The molecule has 0 radical (unpaired) electrons. The van der Waals surface area contributed by atoms with E-state index in [2.05, 4.69) is 25.0 Å². The third-order valence-electron chi connectivity index (χ3n) is 2.65. The zero-order valence-corrected chi connectivity index (χ0v) is 11.1. The van der Waals surface area contributed by atoms with Crippen molar-refractivity contribution in [1.82, 2.24) is 29.7 Å². The number of benzene rings is 1. The second kappa shape index (κ2) is 4.93. The molecule has 0 spiro atoms. The molecule has 0 N–H and O–H groups in total. The molecule has 100 valence electrons. The standard InChI is InChI=1S/C12H8ClFN6/c1-7-4-8(14)2-3-9(7)10-17-11(13)19-12(18-10)20-6-15-5-16-20/h2-6H,1H3. The van der Waals surface area contributed by atoms with Crippen LogP contribution in [0.5, 0.6) is 0 Å². The van der Waals surface area contributed by atoms with Gasteiger partial charge in [0.25, 0.3) is 5.95 Å². The number of hydrogen-bond donors (Lipinski definition) is 0. The molecule has 8 heteroatoms. The van der Waals surface area contributed by atoms with Gasteiger partial charge in [-0.25, -0.2) is 9.37 Å². The van der Waals surface area contributed by atoms with Crippen LogP contribution in [0.25, 0.3) is 17.3 Å². The molecule has 3 rings (SSSR count). The Labute approximate surface area is 118 Å². The van der Waals surface area contributed by atoms with Crippen molar-refractivity contribution < 1.29 is 4.39 Å². The van der Waals surface area contributed by atoms with E-state index in [1.165, 1.54) is 29.5 Å². The van der Waals surface area contributed by atoms with Crippen molar-refractivity contribution in [3.8, 4) is 17.3 Å². The molecular formula is C12H8ClFN6. The Balaban J connectivity index is 2.14. The van der Waals surface area contributed by atoms with Gasteiger partial charge < -0.3 is 0 Å². The average molecular weight is 291 g/mol. The summed E-state index contributed by atoms with van der Waals surface area (Å²) in [7, 11) is 0. The van der Waals surface area contributed by atoms with Crippen LogP contribution < -0.4 is 0 Å². The highest BCUT2D eigenvalue weighted by molar-refractivity contribution is 6.28. The van der Waals surface area contributed by atoms with Crippen LogP contribution in [-0.2, 0) is 0 Å². The maximum atomic E-state index is 13.1. The van der Waals surface area contributed by atoms with Crippen LogP contribution in [0.2, 0.25) is 5.28 Å². The second-order valence-corrected chi connectivity index (χ2v) is 4.37. The summed E-state index contributed by atoms with van der Waals surface area (Å²) in [5, 5.41) is 3.96. The van der Waals surface area contributed by atoms with Crippen molar-refractivity contribution in [3.63, 3.8) is 0 Å². The number of aromatic nitrogens is 6. The van der Waals surface area contributed by atoms with Crippen LogP contribution in [0.15, 0.2) is 30.9 Å². The van der Waals surface area contributed by atoms with E-state index >= 15 is 0 Å². The maximum Gasteiger partial charge on any atom is 0.256 e. The van der Waals surface area contributed by atoms with Gasteiger partial charge in [-0.05, 0) is 42.3 Å². The lowest BCUT2D eigenvalue weighted by Crippen LogP contribution is -2.05. The van der Waals surface area contributed by atoms with Crippen molar-refractivity contribution in [2.45, 2.75) is 6.92 Å². The quantitative estimate of drug-likeness (QED) is 0.724. The van der Waals surface area contributed by atoms with Crippen molar-refractivity contribution >= 4 is 11.6 Å². The fourth-order valence-electron chi connectivity index (χ4n) is 1.75. The largest absolute Gasteiger partial charge is 0.256 e. The van der Waals surface area contributed by atoms with Gasteiger partial charge in [-0.1, -0.05) is 0 Å². The van der Waals surface area contributed by atoms with E-state index in [1.54, 1.807) is 13.0 Å². The third kappa shape index (κ3) is 2.35. The van der Waals surface area contributed by atoms with Crippen LogP contribution in [0.4, 0.5) is 4.39 Å². The highest BCUT2D eigenvalue weighted by Gasteiger charge is 2.11. The van der Waals surface area contributed by atoms with Gasteiger partial charge in [-0.2, -0.15) is 24.7 Å². The molecule has 0 aliphatic heterocycles. The van der Waals surface area contributed by atoms with E-state index in [9.17, 15) is 4.39 Å². The second-order valence-electron chi connectivity index (χ2n) is 4.03. The van der Waals surface area contributed by atoms with E-state index < -0.39 is 0 Å². The van der Waals surface area contributed by atoms with Crippen molar-refractivity contribution in [2.75, 3.05) is 0 Å². The normalized spacial score (nSPS) is 10.8. The molecule has 1 aromatic carbocycles. The monoisotopic (exact) mass is 290 g/mol. The lowest BCUT2D eigenvalue weighted by atomic mass is 10.1. The lowest BCUT2D eigenvalue weighted by molar-refractivity contribution is 0.627. The number of rotatable bonds is 2. The highest BCUT2D eigenvalue weighted by Crippen LogP contribution is 2.22.